The minimum atomic E-state index is 0. The Morgan fingerprint density at radius 1 is 1.00 bits per heavy atom. The molecule has 0 amide bonds. The number of rotatable bonds is 0. The van der Waals surface area contributed by atoms with E-state index in [0.717, 1.165) is 0 Å². The SMILES string of the molecule is [Ge+4].[N-2]O[SiH3].[N-2]O[SiH3]. The van der Waals surface area contributed by atoms with E-state index in [4.69, 9.17) is 11.8 Å². The Bertz CT molecular complexity index is 15.7. The van der Waals surface area contributed by atoms with Gasteiger partial charge in [0, 0.05) is 0 Å². The largest absolute Gasteiger partial charge is 4.00 e. The van der Waals surface area contributed by atoms with Crippen molar-refractivity contribution in [1.82, 2.24) is 0 Å². The van der Waals surface area contributed by atoms with E-state index in [1.54, 1.807) is 0 Å². The summed E-state index contributed by atoms with van der Waals surface area (Å²) in [6.45, 7) is 0. The van der Waals surface area contributed by atoms with Crippen LogP contribution in [0.25, 0.3) is 11.8 Å². The average molecular weight is 195 g/mol. The van der Waals surface area contributed by atoms with Crippen molar-refractivity contribution in [2.24, 2.45) is 0 Å². The van der Waals surface area contributed by atoms with Gasteiger partial charge in [0.05, 0.1) is 21.0 Å². The maximum absolute atomic E-state index is 7.13. The second-order valence-electron chi connectivity index (χ2n) is 0.365. The fraction of sp³-hybridized carbons (Fsp3) is 0. The first-order chi connectivity index (χ1) is 2.83. The molecule has 0 aliphatic rings. The van der Waals surface area contributed by atoms with Crippen molar-refractivity contribution < 1.29 is 9.05 Å². The first-order valence-electron chi connectivity index (χ1n) is 1.18. The zero-order valence-electron chi connectivity index (χ0n) is 4.21. The van der Waals surface area contributed by atoms with Gasteiger partial charge in [-0.3, -0.25) is 0 Å². The summed E-state index contributed by atoms with van der Waals surface area (Å²) in [6.07, 6.45) is 0. The van der Waals surface area contributed by atoms with Gasteiger partial charge in [-0.1, -0.05) is 0 Å². The summed E-state index contributed by atoms with van der Waals surface area (Å²) in [7, 11) is 0.849. The minimum absolute atomic E-state index is 0. The number of hydrogen-bond donors (Lipinski definition) is 0. The van der Waals surface area contributed by atoms with E-state index in [2.05, 4.69) is 9.05 Å². The van der Waals surface area contributed by atoms with Crippen LogP contribution in [0.5, 0.6) is 0 Å². The maximum Gasteiger partial charge on any atom is 4.00 e. The molecule has 0 heterocycles. The Hall–Kier alpha value is 0.817. The molecule has 7 heteroatoms. The third-order valence-corrected chi connectivity index (χ3v) is 0. The van der Waals surface area contributed by atoms with Gasteiger partial charge < -0.3 is 20.8 Å². The Labute approximate surface area is 59.9 Å². The molecule has 0 N–H and O–H groups in total. The van der Waals surface area contributed by atoms with Crippen LogP contribution in [0.4, 0.5) is 0 Å². The molecule has 4 nitrogen and oxygen atoms in total. The van der Waals surface area contributed by atoms with Crippen molar-refractivity contribution >= 4 is 38.6 Å². The van der Waals surface area contributed by atoms with Crippen molar-refractivity contribution in [3.05, 3.63) is 11.8 Å². The van der Waals surface area contributed by atoms with Crippen LogP contribution in [-0.4, -0.2) is 38.6 Å². The van der Waals surface area contributed by atoms with Gasteiger partial charge in [0.15, 0.2) is 0 Å². The molecule has 0 aliphatic heterocycles. The molecule has 0 aliphatic carbocycles. The Morgan fingerprint density at radius 2 is 1.00 bits per heavy atom. The topological polar surface area (TPSA) is 63.1 Å². The van der Waals surface area contributed by atoms with Crippen LogP contribution >= 0.6 is 0 Å². The van der Waals surface area contributed by atoms with Gasteiger partial charge in [-0.05, 0) is 0 Å². The molecule has 0 fully saturated rings. The van der Waals surface area contributed by atoms with E-state index in [1.165, 1.54) is 0 Å². The molecule has 0 atom stereocenters. The zero-order valence-corrected chi connectivity index (χ0v) is 10.3. The normalized spacial score (nSPS) is 6.00. The second-order valence-corrected chi connectivity index (χ2v) is 1.10. The summed E-state index contributed by atoms with van der Waals surface area (Å²) < 4.78 is 6.78. The van der Waals surface area contributed by atoms with E-state index < -0.39 is 0 Å². The van der Waals surface area contributed by atoms with Gasteiger partial charge in [-0.2, -0.15) is 0 Å². The molecular formula is H6GeN2O2Si2. The Balaban J connectivity index is -0.0000000400. The molecule has 0 bridgehead atoms. The van der Waals surface area contributed by atoms with Gasteiger partial charge in [0.2, 0.25) is 0 Å². The van der Waals surface area contributed by atoms with Crippen LogP contribution in [0.15, 0.2) is 0 Å². The van der Waals surface area contributed by atoms with Crippen LogP contribution in [0.3, 0.4) is 0 Å². The van der Waals surface area contributed by atoms with E-state index >= 15 is 0 Å². The summed E-state index contributed by atoms with van der Waals surface area (Å²) in [5.74, 6) is 14.3. The number of nitrogens with zero attached hydrogens (tertiary/aromatic N) is 2. The summed E-state index contributed by atoms with van der Waals surface area (Å²) >= 11 is 0. The van der Waals surface area contributed by atoms with Crippen LogP contribution in [0.2, 0.25) is 0 Å². The molecular weight excluding hydrogens is 189 g/mol. The van der Waals surface area contributed by atoms with Crippen LogP contribution in [0.1, 0.15) is 0 Å². The molecule has 0 aromatic rings. The molecule has 0 unspecified atom stereocenters. The van der Waals surface area contributed by atoms with Gasteiger partial charge >= 0.3 is 17.6 Å². The molecule has 0 saturated carbocycles. The van der Waals surface area contributed by atoms with Crippen molar-refractivity contribution in [1.29, 1.82) is 0 Å². The Morgan fingerprint density at radius 3 is 1.00 bits per heavy atom. The van der Waals surface area contributed by atoms with Crippen molar-refractivity contribution in [2.45, 2.75) is 0 Å². The van der Waals surface area contributed by atoms with Crippen LogP contribution < -0.4 is 0 Å². The quantitative estimate of drug-likeness (QED) is 0.322. The van der Waals surface area contributed by atoms with E-state index in [-0.39, 0.29) is 17.6 Å². The molecule has 0 spiro atoms. The maximum atomic E-state index is 7.13. The summed E-state index contributed by atoms with van der Waals surface area (Å²) in [5.41, 5.74) is 0. The van der Waals surface area contributed by atoms with E-state index in [9.17, 15) is 0 Å². The monoisotopic (exact) mass is 196 g/mol. The van der Waals surface area contributed by atoms with Crippen molar-refractivity contribution in [2.75, 3.05) is 0 Å². The van der Waals surface area contributed by atoms with Gasteiger partial charge in [-0.25, -0.2) is 0 Å². The first kappa shape index (κ1) is 15.7. The van der Waals surface area contributed by atoms with Gasteiger partial charge in [-0.15, -0.1) is 0 Å². The smallest absolute Gasteiger partial charge is 1.44 e. The predicted octanol–water partition coefficient (Wildman–Crippen LogP) is -2.31. The third kappa shape index (κ3) is 237. The standard InChI is InChI=1S/Ge.2H3NOSi/c;2*1-2-3/h;2*3H3/q+4;2*-2. The van der Waals surface area contributed by atoms with E-state index in [1.807, 2.05) is 0 Å². The van der Waals surface area contributed by atoms with Gasteiger partial charge in [0.25, 0.3) is 0 Å². The molecule has 40 valence electrons. The van der Waals surface area contributed by atoms with Crippen LogP contribution in [-0.2, 0) is 9.05 Å². The Kier molecular flexibility index (Phi) is 65.0. The van der Waals surface area contributed by atoms with E-state index in [0.29, 0.717) is 21.0 Å². The molecule has 0 rings (SSSR count). The summed E-state index contributed by atoms with van der Waals surface area (Å²) in [5, 5.41) is 0. The number of hydrogen-bond acceptors (Lipinski definition) is 2. The predicted molar refractivity (Wildman–Crippen MR) is 34.5 cm³/mol. The first-order valence-corrected chi connectivity index (χ1v) is 2.81. The molecule has 0 saturated heterocycles. The van der Waals surface area contributed by atoms with Gasteiger partial charge in [0.1, 0.15) is 0 Å². The zero-order chi connectivity index (χ0) is 5.41. The summed E-state index contributed by atoms with van der Waals surface area (Å²) in [6, 6.07) is 0. The second kappa shape index (κ2) is 29.1. The average Bonchev–Trinajstić information content (AvgIpc) is 1.39. The van der Waals surface area contributed by atoms with Crippen molar-refractivity contribution in [3.63, 3.8) is 0 Å². The minimum Gasteiger partial charge on any atom is -1.44 e. The fourth-order valence-electron chi connectivity index (χ4n) is 0. The molecule has 7 heavy (non-hydrogen) atoms. The third-order valence-electron chi connectivity index (χ3n) is 0. The van der Waals surface area contributed by atoms with Crippen LogP contribution in [0, 0.1) is 0 Å². The molecule has 0 aromatic heterocycles. The summed E-state index contributed by atoms with van der Waals surface area (Å²) in [4.78, 5) is 0. The molecule has 0 radical (unpaired) electrons. The van der Waals surface area contributed by atoms with Crippen molar-refractivity contribution in [3.8, 4) is 0 Å². The molecule has 0 aromatic carbocycles. The fourth-order valence-corrected chi connectivity index (χ4v) is 0.